The van der Waals surface area contributed by atoms with Crippen molar-refractivity contribution >= 4 is 24.1 Å². The molecule has 1 aliphatic heterocycles. The number of carbonyl (C=O) groups excluding carboxylic acids is 4. The summed E-state index contributed by atoms with van der Waals surface area (Å²) in [6.45, 7) is 9.52. The van der Waals surface area contributed by atoms with Gasteiger partial charge in [-0.05, 0) is 79.8 Å². The van der Waals surface area contributed by atoms with Gasteiger partial charge in [-0.25, -0.2) is 0 Å². The SMILES string of the molecule is Cc1cc2c(cc1C(=O)N(C=O)Cc1ccc(Oc3ccc(C(C)C)cc3)cc1)C(=O)N(C(C)C)C2=O. The van der Waals surface area contributed by atoms with Gasteiger partial charge in [0.15, 0.2) is 0 Å². The summed E-state index contributed by atoms with van der Waals surface area (Å²) in [5.41, 5.74) is 3.16. The molecule has 0 N–H and O–H groups in total. The molecule has 0 atom stereocenters. The van der Waals surface area contributed by atoms with Crippen molar-refractivity contribution in [3.8, 4) is 11.5 Å². The van der Waals surface area contributed by atoms with E-state index in [-0.39, 0.29) is 35.2 Å². The minimum atomic E-state index is -0.538. The molecule has 0 saturated heterocycles. The standard InChI is InChI=1S/C30H30N2O5/c1-18(2)22-8-12-24(13-9-22)37-23-10-6-21(7-11-23)16-31(17-33)28(34)25-15-27-26(14-20(25)5)29(35)32(19(3)4)30(27)36/h6-15,17-19H,16H2,1-5H3. The number of hydrogen-bond donors (Lipinski definition) is 0. The van der Waals surface area contributed by atoms with Gasteiger partial charge in [0.1, 0.15) is 11.5 Å². The minimum absolute atomic E-state index is 0.0488. The summed E-state index contributed by atoms with van der Waals surface area (Å²) >= 11 is 0. The van der Waals surface area contributed by atoms with Crippen molar-refractivity contribution in [2.75, 3.05) is 0 Å². The highest BCUT2D eigenvalue weighted by atomic mass is 16.5. The van der Waals surface area contributed by atoms with Gasteiger partial charge in [-0.3, -0.25) is 29.0 Å². The summed E-state index contributed by atoms with van der Waals surface area (Å²) in [5.74, 6) is 0.452. The van der Waals surface area contributed by atoms with E-state index in [0.717, 1.165) is 16.2 Å². The Morgan fingerprint density at radius 2 is 1.43 bits per heavy atom. The Morgan fingerprint density at radius 1 is 0.892 bits per heavy atom. The maximum absolute atomic E-state index is 13.2. The molecule has 0 spiro atoms. The Kier molecular flexibility index (Phi) is 7.25. The number of imide groups is 2. The maximum Gasteiger partial charge on any atom is 0.261 e. The smallest absolute Gasteiger partial charge is 0.261 e. The normalized spacial score (nSPS) is 12.8. The van der Waals surface area contributed by atoms with Gasteiger partial charge in [0.2, 0.25) is 6.41 Å². The molecule has 7 heteroatoms. The van der Waals surface area contributed by atoms with E-state index in [1.165, 1.54) is 16.5 Å². The topological polar surface area (TPSA) is 84.0 Å². The van der Waals surface area contributed by atoms with E-state index in [4.69, 9.17) is 4.74 Å². The Hall–Kier alpha value is -4.26. The molecule has 4 rings (SSSR count). The van der Waals surface area contributed by atoms with Crippen LogP contribution in [0.4, 0.5) is 0 Å². The molecular weight excluding hydrogens is 468 g/mol. The van der Waals surface area contributed by atoms with Gasteiger partial charge in [0, 0.05) is 11.6 Å². The number of hydrogen-bond acceptors (Lipinski definition) is 5. The Labute approximate surface area is 216 Å². The Balaban J connectivity index is 1.49. The number of carbonyl (C=O) groups is 4. The van der Waals surface area contributed by atoms with E-state index in [0.29, 0.717) is 23.6 Å². The van der Waals surface area contributed by atoms with Crippen LogP contribution in [0.1, 0.15) is 81.4 Å². The summed E-state index contributed by atoms with van der Waals surface area (Å²) in [6, 6.07) is 17.7. The van der Waals surface area contributed by atoms with E-state index >= 15 is 0 Å². The van der Waals surface area contributed by atoms with Crippen molar-refractivity contribution in [2.24, 2.45) is 0 Å². The monoisotopic (exact) mass is 498 g/mol. The molecule has 7 nitrogen and oxygen atoms in total. The molecule has 3 aromatic rings. The summed E-state index contributed by atoms with van der Waals surface area (Å²) in [6.07, 6.45) is 0.475. The highest BCUT2D eigenvalue weighted by molar-refractivity contribution is 6.22. The summed E-state index contributed by atoms with van der Waals surface area (Å²) in [5, 5.41) is 0. The zero-order chi connectivity index (χ0) is 26.9. The van der Waals surface area contributed by atoms with Gasteiger partial charge in [-0.1, -0.05) is 38.1 Å². The number of rotatable bonds is 8. The van der Waals surface area contributed by atoms with Crippen LogP contribution in [0.15, 0.2) is 60.7 Å². The van der Waals surface area contributed by atoms with Crippen molar-refractivity contribution in [1.29, 1.82) is 0 Å². The number of nitrogens with zero attached hydrogens (tertiary/aromatic N) is 2. The number of amides is 4. The molecule has 0 unspecified atom stereocenters. The van der Waals surface area contributed by atoms with Crippen LogP contribution in [0.25, 0.3) is 0 Å². The second-order valence-electron chi connectivity index (χ2n) is 9.79. The quantitative estimate of drug-likeness (QED) is 0.293. The average molecular weight is 499 g/mol. The molecule has 0 saturated carbocycles. The first-order valence-electron chi connectivity index (χ1n) is 12.3. The van der Waals surface area contributed by atoms with Gasteiger partial charge in [-0.15, -0.1) is 0 Å². The zero-order valence-electron chi connectivity index (χ0n) is 21.6. The molecule has 0 aliphatic carbocycles. The van der Waals surface area contributed by atoms with Crippen molar-refractivity contribution in [2.45, 2.75) is 53.1 Å². The van der Waals surface area contributed by atoms with Crippen LogP contribution < -0.4 is 4.74 Å². The van der Waals surface area contributed by atoms with Gasteiger partial charge in [0.25, 0.3) is 17.7 Å². The molecule has 4 amide bonds. The van der Waals surface area contributed by atoms with Gasteiger partial charge in [-0.2, -0.15) is 0 Å². The van der Waals surface area contributed by atoms with Crippen LogP contribution >= 0.6 is 0 Å². The van der Waals surface area contributed by atoms with Crippen molar-refractivity contribution in [3.63, 3.8) is 0 Å². The van der Waals surface area contributed by atoms with E-state index in [1.54, 1.807) is 51.1 Å². The van der Waals surface area contributed by atoms with E-state index in [1.807, 2.05) is 24.3 Å². The largest absolute Gasteiger partial charge is 0.457 e. The van der Waals surface area contributed by atoms with Crippen molar-refractivity contribution in [1.82, 2.24) is 9.80 Å². The summed E-state index contributed by atoms with van der Waals surface area (Å²) in [4.78, 5) is 52.8. The molecule has 0 fully saturated rings. The number of benzene rings is 3. The zero-order valence-corrected chi connectivity index (χ0v) is 21.6. The second-order valence-corrected chi connectivity index (χ2v) is 9.79. The fraction of sp³-hybridized carbons (Fsp3) is 0.267. The highest BCUT2D eigenvalue weighted by Gasteiger charge is 2.38. The molecule has 37 heavy (non-hydrogen) atoms. The van der Waals surface area contributed by atoms with Crippen molar-refractivity contribution in [3.05, 3.63) is 94.0 Å². The third-order valence-corrected chi connectivity index (χ3v) is 6.46. The molecule has 1 aliphatic rings. The summed E-state index contributed by atoms with van der Waals surface area (Å²) < 4.78 is 5.91. The minimum Gasteiger partial charge on any atom is -0.457 e. The van der Waals surface area contributed by atoms with E-state index < -0.39 is 11.8 Å². The molecule has 1 heterocycles. The third-order valence-electron chi connectivity index (χ3n) is 6.46. The fourth-order valence-electron chi connectivity index (χ4n) is 4.34. The van der Waals surface area contributed by atoms with Crippen LogP contribution in [0, 0.1) is 6.92 Å². The van der Waals surface area contributed by atoms with Gasteiger partial charge in [0.05, 0.1) is 17.7 Å². The lowest BCUT2D eigenvalue weighted by atomic mass is 9.99. The van der Waals surface area contributed by atoms with Crippen LogP contribution in [0.5, 0.6) is 11.5 Å². The molecular formula is C30H30N2O5. The van der Waals surface area contributed by atoms with Gasteiger partial charge >= 0.3 is 0 Å². The lowest BCUT2D eigenvalue weighted by Gasteiger charge is -2.18. The first kappa shape index (κ1) is 25.8. The number of fused-ring (bicyclic) bond motifs is 1. The highest BCUT2D eigenvalue weighted by Crippen LogP contribution is 2.29. The maximum atomic E-state index is 13.2. The third kappa shape index (κ3) is 5.16. The van der Waals surface area contributed by atoms with Crippen LogP contribution in [0.2, 0.25) is 0 Å². The van der Waals surface area contributed by atoms with Crippen LogP contribution in [-0.2, 0) is 11.3 Å². The Bertz CT molecular complexity index is 1360. The molecule has 0 bridgehead atoms. The lowest BCUT2D eigenvalue weighted by molar-refractivity contribution is -0.116. The Morgan fingerprint density at radius 3 is 1.95 bits per heavy atom. The molecule has 0 aromatic heterocycles. The lowest BCUT2D eigenvalue weighted by Crippen LogP contribution is -2.35. The average Bonchev–Trinajstić information content (AvgIpc) is 3.11. The molecule has 190 valence electrons. The predicted molar refractivity (Wildman–Crippen MR) is 140 cm³/mol. The van der Waals surface area contributed by atoms with Crippen LogP contribution in [0.3, 0.4) is 0 Å². The summed E-state index contributed by atoms with van der Waals surface area (Å²) in [7, 11) is 0. The number of aryl methyl sites for hydroxylation is 1. The number of ether oxygens (including phenoxy) is 1. The van der Waals surface area contributed by atoms with E-state index in [2.05, 4.69) is 13.8 Å². The second kappa shape index (κ2) is 10.4. The molecule has 3 aromatic carbocycles. The van der Waals surface area contributed by atoms with Crippen LogP contribution in [-0.4, -0.2) is 40.0 Å². The predicted octanol–water partition coefficient (Wildman–Crippen LogP) is 5.71. The first-order chi connectivity index (χ1) is 17.6. The van der Waals surface area contributed by atoms with Crippen molar-refractivity contribution < 1.29 is 23.9 Å². The van der Waals surface area contributed by atoms with E-state index in [9.17, 15) is 19.2 Å². The molecule has 0 radical (unpaired) electrons. The fourth-order valence-corrected chi connectivity index (χ4v) is 4.34. The van der Waals surface area contributed by atoms with Gasteiger partial charge < -0.3 is 4.74 Å². The first-order valence-corrected chi connectivity index (χ1v) is 12.3.